The first kappa shape index (κ1) is 13.1. The van der Waals surface area contributed by atoms with Crippen molar-refractivity contribution >= 4 is 12.4 Å². The zero-order chi connectivity index (χ0) is 13.2. The summed E-state index contributed by atoms with van der Waals surface area (Å²) in [6, 6.07) is 3.71. The van der Waals surface area contributed by atoms with Gasteiger partial charge >= 0.3 is 6.98 Å². The predicted molar refractivity (Wildman–Crippen MR) is 61.6 cm³/mol. The van der Waals surface area contributed by atoms with E-state index in [9.17, 15) is 12.9 Å². The Labute approximate surface area is 103 Å². The van der Waals surface area contributed by atoms with Gasteiger partial charge in [0.25, 0.3) is 0 Å². The van der Waals surface area contributed by atoms with E-state index >= 15 is 0 Å². The molecule has 1 aromatic carbocycles. The van der Waals surface area contributed by atoms with Crippen molar-refractivity contribution in [2.24, 2.45) is 0 Å². The molecule has 1 unspecified atom stereocenters. The second kappa shape index (κ2) is 5.10. The highest BCUT2D eigenvalue weighted by atomic mass is 19.4. The maximum atomic E-state index is 12.9. The van der Waals surface area contributed by atoms with Crippen LogP contribution in [-0.4, -0.2) is 33.4 Å². The quantitative estimate of drug-likeness (QED) is 0.775. The second-order valence-corrected chi connectivity index (χ2v) is 4.08. The van der Waals surface area contributed by atoms with Gasteiger partial charge < -0.3 is 27.2 Å². The SMILES string of the molecule is COc1ccc(OC2CCOC2)c([B-](F)(F)F)c1. The van der Waals surface area contributed by atoms with E-state index in [0.717, 1.165) is 6.07 Å². The van der Waals surface area contributed by atoms with Crippen LogP contribution in [0.3, 0.4) is 0 Å². The largest absolute Gasteiger partial charge is 0.513 e. The Balaban J connectivity index is 2.27. The Kier molecular flexibility index (Phi) is 3.70. The van der Waals surface area contributed by atoms with Gasteiger partial charge in [-0.15, -0.1) is 0 Å². The van der Waals surface area contributed by atoms with E-state index in [4.69, 9.17) is 14.2 Å². The van der Waals surface area contributed by atoms with Crippen LogP contribution in [0, 0.1) is 0 Å². The van der Waals surface area contributed by atoms with Crippen LogP contribution in [0.25, 0.3) is 0 Å². The molecule has 0 amide bonds. The first-order valence-electron chi connectivity index (χ1n) is 5.63. The Bertz CT molecular complexity index is 416. The van der Waals surface area contributed by atoms with Crippen LogP contribution in [0.2, 0.25) is 0 Å². The van der Waals surface area contributed by atoms with Gasteiger partial charge in [0.15, 0.2) is 0 Å². The first-order chi connectivity index (χ1) is 8.50. The Morgan fingerprint density at radius 3 is 2.67 bits per heavy atom. The smallest absolute Gasteiger partial charge is 0.497 e. The molecule has 100 valence electrons. The maximum Gasteiger partial charge on any atom is 0.513 e. The fourth-order valence-electron chi connectivity index (χ4n) is 1.80. The number of rotatable bonds is 4. The minimum absolute atomic E-state index is 0.154. The van der Waals surface area contributed by atoms with Crippen molar-refractivity contribution in [3.05, 3.63) is 18.2 Å². The molecule has 1 saturated heterocycles. The third-order valence-electron chi connectivity index (χ3n) is 2.75. The van der Waals surface area contributed by atoms with E-state index in [1.165, 1.54) is 19.2 Å². The molecule has 3 nitrogen and oxygen atoms in total. The summed E-state index contributed by atoms with van der Waals surface area (Å²) < 4.78 is 54.0. The van der Waals surface area contributed by atoms with Crippen LogP contribution in [-0.2, 0) is 4.74 Å². The van der Waals surface area contributed by atoms with Crippen LogP contribution in [0.15, 0.2) is 18.2 Å². The number of ether oxygens (including phenoxy) is 3. The summed E-state index contributed by atoms with van der Waals surface area (Å²) in [5.41, 5.74) is -0.763. The summed E-state index contributed by atoms with van der Waals surface area (Å²) in [5, 5.41) is 0. The van der Waals surface area contributed by atoms with Crippen LogP contribution in [0.5, 0.6) is 11.5 Å². The summed E-state index contributed by atoms with van der Waals surface area (Å²) >= 11 is 0. The molecule has 1 aliphatic rings. The van der Waals surface area contributed by atoms with Crippen molar-refractivity contribution in [2.75, 3.05) is 20.3 Å². The highest BCUT2D eigenvalue weighted by Crippen LogP contribution is 2.24. The number of benzene rings is 1. The van der Waals surface area contributed by atoms with E-state index in [1.807, 2.05) is 0 Å². The first-order valence-corrected chi connectivity index (χ1v) is 5.63. The standard InChI is InChI=1S/C11H13BF3O3/c1-16-8-2-3-11(10(6-8)12(13,14)15)18-9-4-5-17-7-9/h2-3,6,9H,4-5,7H2,1H3/q-1. The summed E-state index contributed by atoms with van der Waals surface area (Å²) in [4.78, 5) is 0. The van der Waals surface area contributed by atoms with Crippen LogP contribution < -0.4 is 14.9 Å². The molecular weight excluding hydrogens is 248 g/mol. The Morgan fingerprint density at radius 1 is 1.33 bits per heavy atom. The zero-order valence-electron chi connectivity index (χ0n) is 9.87. The molecule has 7 heteroatoms. The summed E-state index contributed by atoms with van der Waals surface area (Å²) in [6.07, 6.45) is 0.298. The van der Waals surface area contributed by atoms with Crippen LogP contribution >= 0.6 is 0 Å². The maximum absolute atomic E-state index is 12.9. The van der Waals surface area contributed by atoms with Gasteiger partial charge in [0.1, 0.15) is 11.9 Å². The lowest BCUT2D eigenvalue weighted by molar-refractivity contribution is 0.142. The van der Waals surface area contributed by atoms with Crippen molar-refractivity contribution in [1.82, 2.24) is 0 Å². The molecule has 2 rings (SSSR count). The van der Waals surface area contributed by atoms with Gasteiger partial charge in [-0.2, -0.15) is 0 Å². The van der Waals surface area contributed by atoms with Crippen LogP contribution in [0.1, 0.15) is 6.42 Å². The lowest BCUT2D eigenvalue weighted by Gasteiger charge is -2.22. The predicted octanol–water partition coefficient (Wildman–Crippen LogP) is 1.92. The highest BCUT2D eigenvalue weighted by molar-refractivity contribution is 6.74. The number of hydrogen-bond acceptors (Lipinski definition) is 3. The van der Waals surface area contributed by atoms with E-state index < -0.39 is 12.4 Å². The lowest BCUT2D eigenvalue weighted by atomic mass is 9.79. The topological polar surface area (TPSA) is 27.7 Å². The minimum Gasteiger partial charge on any atom is -0.497 e. The fourth-order valence-corrected chi connectivity index (χ4v) is 1.80. The van der Waals surface area contributed by atoms with Gasteiger partial charge in [-0.05, 0) is 18.2 Å². The summed E-state index contributed by atoms with van der Waals surface area (Å²) in [5.74, 6) is 0.0121. The van der Waals surface area contributed by atoms with E-state index in [0.29, 0.717) is 19.6 Å². The average molecular weight is 261 g/mol. The van der Waals surface area contributed by atoms with Gasteiger partial charge in [0.05, 0.1) is 26.1 Å². The van der Waals surface area contributed by atoms with Gasteiger partial charge in [0.2, 0.25) is 0 Å². The third-order valence-corrected chi connectivity index (χ3v) is 2.75. The molecule has 0 N–H and O–H groups in total. The third kappa shape index (κ3) is 2.90. The summed E-state index contributed by atoms with van der Waals surface area (Å²) in [6.45, 7) is -4.28. The fraction of sp³-hybridized carbons (Fsp3) is 0.455. The molecule has 18 heavy (non-hydrogen) atoms. The molecule has 0 aromatic heterocycles. The average Bonchev–Trinajstić information content (AvgIpc) is 2.81. The number of halogens is 3. The van der Waals surface area contributed by atoms with Crippen molar-refractivity contribution in [3.63, 3.8) is 0 Å². The molecule has 0 saturated carbocycles. The van der Waals surface area contributed by atoms with Gasteiger partial charge in [-0.3, -0.25) is 0 Å². The lowest BCUT2D eigenvalue weighted by Crippen LogP contribution is -2.36. The molecule has 0 aliphatic carbocycles. The van der Waals surface area contributed by atoms with Gasteiger partial charge in [-0.1, -0.05) is 5.46 Å². The van der Waals surface area contributed by atoms with Gasteiger partial charge in [-0.25, -0.2) is 0 Å². The Morgan fingerprint density at radius 2 is 2.11 bits per heavy atom. The summed E-state index contributed by atoms with van der Waals surface area (Å²) in [7, 11) is 1.33. The van der Waals surface area contributed by atoms with Crippen LogP contribution in [0.4, 0.5) is 12.9 Å². The molecule has 0 radical (unpaired) electrons. The normalized spacial score (nSPS) is 19.9. The van der Waals surface area contributed by atoms with Crippen molar-refractivity contribution < 1.29 is 27.2 Å². The van der Waals surface area contributed by atoms with E-state index in [-0.39, 0.29) is 17.6 Å². The highest BCUT2D eigenvalue weighted by Gasteiger charge is 2.31. The molecule has 1 aliphatic heterocycles. The second-order valence-electron chi connectivity index (χ2n) is 4.08. The van der Waals surface area contributed by atoms with Gasteiger partial charge in [0, 0.05) is 6.42 Å². The number of methoxy groups -OCH3 is 1. The Hall–Kier alpha value is -1.37. The molecule has 1 fully saturated rings. The van der Waals surface area contributed by atoms with Crippen molar-refractivity contribution in [3.8, 4) is 11.5 Å². The van der Waals surface area contributed by atoms with Crippen molar-refractivity contribution in [2.45, 2.75) is 12.5 Å². The molecule has 0 bridgehead atoms. The van der Waals surface area contributed by atoms with E-state index in [1.54, 1.807) is 0 Å². The molecular formula is C11H13BF3O3-. The monoisotopic (exact) mass is 261 g/mol. The molecule has 0 spiro atoms. The molecule has 1 atom stereocenters. The molecule has 1 heterocycles. The van der Waals surface area contributed by atoms with Crippen molar-refractivity contribution in [1.29, 1.82) is 0 Å². The molecule has 1 aromatic rings. The van der Waals surface area contributed by atoms with E-state index in [2.05, 4.69) is 0 Å². The minimum atomic E-state index is -5.13. The zero-order valence-corrected chi connectivity index (χ0v) is 9.87. The number of hydrogen-bond donors (Lipinski definition) is 0.